The third-order valence-electron chi connectivity index (χ3n) is 7.35. The van der Waals surface area contributed by atoms with E-state index in [0.717, 1.165) is 23.3 Å². The lowest BCUT2D eigenvalue weighted by Crippen LogP contribution is -2.47. The fourth-order valence-corrected chi connectivity index (χ4v) is 6.85. The van der Waals surface area contributed by atoms with Gasteiger partial charge in [-0.15, -0.1) is 0 Å². The molecule has 0 atom stereocenters. The van der Waals surface area contributed by atoms with Gasteiger partial charge in [0.1, 0.15) is 0 Å². The van der Waals surface area contributed by atoms with Crippen LogP contribution >= 0.6 is 11.6 Å². The van der Waals surface area contributed by atoms with Gasteiger partial charge in [-0.05, 0) is 92.0 Å². The lowest BCUT2D eigenvalue weighted by atomic mass is 9.49. The van der Waals surface area contributed by atoms with E-state index in [9.17, 15) is 4.79 Å². The maximum absolute atomic E-state index is 13.0. The standard InChI is InChI=1S/C24H24ClN3O2/c25-18-4-3-17(23-28-22-20(30-23)2-1-5-26-22)9-19(18)27-21(29)13-24-10-14-6-15(11-24)8-16(7-14)12-24/h1-5,9,14-16H,6-8,10-13H2,(H,27,29). The molecule has 4 saturated carbocycles. The van der Waals surface area contributed by atoms with Crippen molar-refractivity contribution < 1.29 is 9.21 Å². The van der Waals surface area contributed by atoms with Crippen molar-refractivity contribution >= 4 is 34.4 Å². The van der Waals surface area contributed by atoms with Crippen LogP contribution in [-0.4, -0.2) is 15.9 Å². The molecule has 0 radical (unpaired) electrons. The van der Waals surface area contributed by atoms with Gasteiger partial charge in [-0.25, -0.2) is 4.98 Å². The quantitative estimate of drug-likeness (QED) is 0.553. The molecule has 0 saturated heterocycles. The maximum atomic E-state index is 13.0. The van der Waals surface area contributed by atoms with Gasteiger partial charge in [0.2, 0.25) is 11.8 Å². The number of pyridine rings is 1. The monoisotopic (exact) mass is 421 g/mol. The summed E-state index contributed by atoms with van der Waals surface area (Å²) in [7, 11) is 0. The van der Waals surface area contributed by atoms with E-state index < -0.39 is 0 Å². The van der Waals surface area contributed by atoms with Crippen molar-refractivity contribution in [3.8, 4) is 11.5 Å². The molecule has 2 heterocycles. The first-order chi connectivity index (χ1) is 14.6. The minimum Gasteiger partial charge on any atom is -0.434 e. The molecular weight excluding hydrogens is 398 g/mol. The third kappa shape index (κ3) is 3.20. The van der Waals surface area contributed by atoms with Crippen LogP contribution in [0.25, 0.3) is 22.7 Å². The Morgan fingerprint density at radius 3 is 2.57 bits per heavy atom. The Morgan fingerprint density at radius 2 is 1.87 bits per heavy atom. The lowest BCUT2D eigenvalue weighted by Gasteiger charge is -2.56. The van der Waals surface area contributed by atoms with Gasteiger partial charge >= 0.3 is 0 Å². The van der Waals surface area contributed by atoms with Crippen LogP contribution in [0.5, 0.6) is 0 Å². The number of carbonyl (C=O) groups is 1. The number of aromatic nitrogens is 2. The van der Waals surface area contributed by atoms with Crippen LogP contribution in [0.3, 0.4) is 0 Å². The highest BCUT2D eigenvalue weighted by Gasteiger charge is 2.51. The number of rotatable bonds is 4. The normalized spacial score (nSPS) is 29.4. The zero-order valence-electron chi connectivity index (χ0n) is 16.7. The van der Waals surface area contributed by atoms with Gasteiger partial charge in [0.05, 0.1) is 10.7 Å². The van der Waals surface area contributed by atoms with Crippen molar-refractivity contribution in [2.24, 2.45) is 23.2 Å². The van der Waals surface area contributed by atoms with Crippen molar-refractivity contribution in [3.05, 3.63) is 41.6 Å². The van der Waals surface area contributed by atoms with Gasteiger partial charge < -0.3 is 9.73 Å². The van der Waals surface area contributed by atoms with E-state index in [4.69, 9.17) is 16.0 Å². The number of halogens is 1. The predicted molar refractivity (Wildman–Crippen MR) is 116 cm³/mol. The number of hydrogen-bond acceptors (Lipinski definition) is 4. The zero-order chi connectivity index (χ0) is 20.3. The molecule has 4 fully saturated rings. The molecule has 7 rings (SSSR count). The second-order valence-electron chi connectivity index (χ2n) is 9.68. The van der Waals surface area contributed by atoms with E-state index in [-0.39, 0.29) is 11.3 Å². The molecule has 1 aromatic carbocycles. The Kier molecular flexibility index (Phi) is 4.17. The van der Waals surface area contributed by atoms with Gasteiger partial charge in [0, 0.05) is 18.2 Å². The summed E-state index contributed by atoms with van der Waals surface area (Å²) >= 11 is 6.40. The first kappa shape index (κ1) is 18.4. The van der Waals surface area contributed by atoms with E-state index in [0.29, 0.717) is 34.3 Å². The van der Waals surface area contributed by atoms with Gasteiger partial charge in [-0.2, -0.15) is 4.98 Å². The number of carbonyl (C=O) groups excluding carboxylic acids is 1. The van der Waals surface area contributed by atoms with Crippen LogP contribution in [0.15, 0.2) is 40.9 Å². The molecule has 5 nitrogen and oxygen atoms in total. The van der Waals surface area contributed by atoms with Crippen LogP contribution in [0, 0.1) is 23.2 Å². The Hall–Kier alpha value is -2.40. The molecule has 4 bridgehead atoms. The molecule has 2 aromatic heterocycles. The highest BCUT2D eigenvalue weighted by Crippen LogP contribution is 2.61. The minimum atomic E-state index is 0.0650. The van der Waals surface area contributed by atoms with Crippen LogP contribution in [0.1, 0.15) is 44.9 Å². The summed E-state index contributed by atoms with van der Waals surface area (Å²) in [6, 6.07) is 9.12. The largest absolute Gasteiger partial charge is 0.434 e. The molecule has 1 amide bonds. The number of amides is 1. The SMILES string of the molecule is O=C(CC12CC3CC(CC(C3)C1)C2)Nc1cc(-c2nc3ncccc3o2)ccc1Cl. The highest BCUT2D eigenvalue weighted by atomic mass is 35.5. The lowest BCUT2D eigenvalue weighted by molar-refractivity contribution is -0.124. The first-order valence-corrected chi connectivity index (χ1v) is 11.2. The summed E-state index contributed by atoms with van der Waals surface area (Å²) in [6.45, 7) is 0. The molecule has 0 unspecified atom stereocenters. The molecule has 4 aliphatic rings. The van der Waals surface area contributed by atoms with Crippen molar-refractivity contribution in [3.63, 3.8) is 0 Å². The van der Waals surface area contributed by atoms with Gasteiger partial charge in [-0.3, -0.25) is 4.79 Å². The molecule has 4 aliphatic carbocycles. The maximum Gasteiger partial charge on any atom is 0.228 e. The summed E-state index contributed by atoms with van der Waals surface area (Å²) in [6.07, 6.45) is 10.1. The summed E-state index contributed by atoms with van der Waals surface area (Å²) in [5.74, 6) is 3.04. The average Bonchev–Trinajstić information content (AvgIpc) is 3.12. The number of nitrogens with zero attached hydrogens (tertiary/aromatic N) is 2. The van der Waals surface area contributed by atoms with Crippen LogP contribution < -0.4 is 5.32 Å². The second-order valence-corrected chi connectivity index (χ2v) is 10.1. The van der Waals surface area contributed by atoms with Crippen molar-refractivity contribution in [1.82, 2.24) is 9.97 Å². The van der Waals surface area contributed by atoms with E-state index in [1.165, 1.54) is 38.5 Å². The van der Waals surface area contributed by atoms with Gasteiger partial charge in [0.15, 0.2) is 11.2 Å². The van der Waals surface area contributed by atoms with Crippen LogP contribution in [-0.2, 0) is 4.79 Å². The highest BCUT2D eigenvalue weighted by molar-refractivity contribution is 6.33. The third-order valence-corrected chi connectivity index (χ3v) is 7.68. The number of anilines is 1. The molecule has 1 N–H and O–H groups in total. The zero-order valence-corrected chi connectivity index (χ0v) is 17.5. The molecule has 0 spiro atoms. The van der Waals surface area contributed by atoms with Crippen molar-refractivity contribution in [1.29, 1.82) is 0 Å². The topological polar surface area (TPSA) is 68.0 Å². The second kappa shape index (κ2) is 6.81. The molecule has 30 heavy (non-hydrogen) atoms. The van der Waals surface area contributed by atoms with E-state index in [2.05, 4.69) is 15.3 Å². The summed E-state index contributed by atoms with van der Waals surface area (Å²) in [5, 5.41) is 3.59. The molecular formula is C24H24ClN3O2. The number of hydrogen-bond donors (Lipinski definition) is 1. The smallest absolute Gasteiger partial charge is 0.228 e. The fourth-order valence-electron chi connectivity index (χ4n) is 6.69. The Morgan fingerprint density at radius 1 is 1.13 bits per heavy atom. The first-order valence-electron chi connectivity index (χ1n) is 10.9. The average molecular weight is 422 g/mol. The van der Waals surface area contributed by atoms with E-state index in [1.807, 2.05) is 24.3 Å². The Balaban J connectivity index is 1.22. The number of benzene rings is 1. The van der Waals surface area contributed by atoms with E-state index >= 15 is 0 Å². The fraction of sp³-hybridized carbons (Fsp3) is 0.458. The predicted octanol–water partition coefficient (Wildman–Crippen LogP) is 6.09. The number of fused-ring (bicyclic) bond motifs is 1. The van der Waals surface area contributed by atoms with Gasteiger partial charge in [-0.1, -0.05) is 11.6 Å². The van der Waals surface area contributed by atoms with Crippen molar-refractivity contribution in [2.75, 3.05) is 5.32 Å². The Bertz CT molecular complexity index is 1070. The number of nitrogens with one attached hydrogen (secondary N) is 1. The summed E-state index contributed by atoms with van der Waals surface area (Å²) in [5.41, 5.74) is 2.78. The summed E-state index contributed by atoms with van der Waals surface area (Å²) < 4.78 is 5.82. The molecule has 0 aliphatic heterocycles. The van der Waals surface area contributed by atoms with Crippen LogP contribution in [0.4, 0.5) is 5.69 Å². The number of oxazole rings is 1. The van der Waals surface area contributed by atoms with Crippen LogP contribution in [0.2, 0.25) is 5.02 Å². The molecule has 6 heteroatoms. The van der Waals surface area contributed by atoms with Gasteiger partial charge in [0.25, 0.3) is 0 Å². The van der Waals surface area contributed by atoms with Crippen molar-refractivity contribution in [2.45, 2.75) is 44.9 Å². The summed E-state index contributed by atoms with van der Waals surface area (Å²) in [4.78, 5) is 21.7. The van der Waals surface area contributed by atoms with E-state index in [1.54, 1.807) is 12.3 Å². The molecule has 154 valence electrons. The molecule has 3 aromatic rings. The Labute approximate surface area is 180 Å². The minimum absolute atomic E-state index is 0.0650.